The van der Waals surface area contributed by atoms with Gasteiger partial charge in [0.05, 0.1) is 12.3 Å². The quantitative estimate of drug-likeness (QED) is 0.746. The number of rotatable bonds is 4. The van der Waals surface area contributed by atoms with Crippen LogP contribution in [0, 0.1) is 0 Å². The van der Waals surface area contributed by atoms with E-state index >= 15 is 0 Å². The van der Waals surface area contributed by atoms with Gasteiger partial charge in [-0.1, -0.05) is 0 Å². The number of ether oxygens (including phenoxy) is 1. The SMILES string of the molecule is CCOCc1cn(C)c(C(=O)O)n1. The summed E-state index contributed by atoms with van der Waals surface area (Å²) >= 11 is 0. The van der Waals surface area contributed by atoms with E-state index in [9.17, 15) is 4.79 Å². The standard InChI is InChI=1S/C8H12N2O3/c1-3-13-5-6-4-10(2)7(9-6)8(11)12/h4H,3,5H2,1-2H3,(H,11,12). The molecule has 0 atom stereocenters. The molecule has 0 radical (unpaired) electrons. The molecule has 0 aliphatic carbocycles. The fourth-order valence-corrected chi connectivity index (χ4v) is 1.00. The summed E-state index contributed by atoms with van der Waals surface area (Å²) in [5.74, 6) is -0.986. The summed E-state index contributed by atoms with van der Waals surface area (Å²) in [6.07, 6.45) is 1.65. The second kappa shape index (κ2) is 4.04. The molecule has 0 unspecified atom stereocenters. The van der Waals surface area contributed by atoms with Crippen LogP contribution in [-0.2, 0) is 18.4 Å². The molecule has 1 aromatic rings. The molecule has 0 fully saturated rings. The average molecular weight is 184 g/mol. The third-order valence-corrected chi connectivity index (χ3v) is 1.57. The molecule has 1 heterocycles. The Morgan fingerprint density at radius 2 is 2.46 bits per heavy atom. The number of aromatic carboxylic acids is 1. The molecule has 0 saturated heterocycles. The summed E-state index contributed by atoms with van der Waals surface area (Å²) in [7, 11) is 1.64. The lowest BCUT2D eigenvalue weighted by atomic mass is 10.5. The van der Waals surface area contributed by atoms with Crippen molar-refractivity contribution in [1.82, 2.24) is 9.55 Å². The van der Waals surface area contributed by atoms with Crippen LogP contribution >= 0.6 is 0 Å². The van der Waals surface area contributed by atoms with Crippen LogP contribution in [0.2, 0.25) is 0 Å². The van der Waals surface area contributed by atoms with Crippen molar-refractivity contribution in [3.05, 3.63) is 17.7 Å². The first-order chi connectivity index (χ1) is 6.15. The van der Waals surface area contributed by atoms with Crippen LogP contribution in [0.1, 0.15) is 23.2 Å². The van der Waals surface area contributed by atoms with Crippen LogP contribution in [0.25, 0.3) is 0 Å². The zero-order valence-electron chi connectivity index (χ0n) is 7.65. The van der Waals surface area contributed by atoms with Gasteiger partial charge >= 0.3 is 5.97 Å². The Labute approximate surface area is 76.0 Å². The van der Waals surface area contributed by atoms with Crippen molar-refractivity contribution >= 4 is 5.97 Å². The number of nitrogens with zero attached hydrogens (tertiary/aromatic N) is 2. The topological polar surface area (TPSA) is 64.3 Å². The first kappa shape index (κ1) is 9.73. The number of imidazole rings is 1. The molecule has 13 heavy (non-hydrogen) atoms. The molecule has 0 aliphatic rings. The molecule has 0 bridgehead atoms. The van der Waals surface area contributed by atoms with Gasteiger partial charge in [-0.15, -0.1) is 0 Å². The van der Waals surface area contributed by atoms with Gasteiger partial charge in [-0.25, -0.2) is 9.78 Å². The highest BCUT2D eigenvalue weighted by Crippen LogP contribution is 2.02. The number of hydrogen-bond donors (Lipinski definition) is 1. The third kappa shape index (κ3) is 2.29. The van der Waals surface area contributed by atoms with Crippen LogP contribution in [0.5, 0.6) is 0 Å². The van der Waals surface area contributed by atoms with Gasteiger partial charge in [0, 0.05) is 19.9 Å². The van der Waals surface area contributed by atoms with E-state index in [1.807, 2.05) is 6.92 Å². The van der Waals surface area contributed by atoms with E-state index in [1.165, 1.54) is 4.57 Å². The lowest BCUT2D eigenvalue weighted by Gasteiger charge is -1.94. The predicted octanol–water partition coefficient (Wildman–Crippen LogP) is 0.655. The van der Waals surface area contributed by atoms with Gasteiger partial charge in [-0.2, -0.15) is 0 Å². The number of carboxylic acid groups (broad SMARTS) is 1. The third-order valence-electron chi connectivity index (χ3n) is 1.57. The summed E-state index contributed by atoms with van der Waals surface area (Å²) in [4.78, 5) is 14.5. The van der Waals surface area contributed by atoms with Gasteiger partial charge in [0.2, 0.25) is 5.82 Å². The Balaban J connectivity index is 2.76. The highest BCUT2D eigenvalue weighted by Gasteiger charge is 2.11. The zero-order valence-corrected chi connectivity index (χ0v) is 7.65. The fraction of sp³-hybridized carbons (Fsp3) is 0.500. The van der Waals surface area contributed by atoms with E-state index in [-0.39, 0.29) is 5.82 Å². The van der Waals surface area contributed by atoms with E-state index in [1.54, 1.807) is 13.2 Å². The summed E-state index contributed by atoms with van der Waals surface area (Å²) in [5.41, 5.74) is 0.641. The molecule has 5 heteroatoms. The van der Waals surface area contributed by atoms with Gasteiger partial charge in [-0.05, 0) is 6.92 Å². The monoisotopic (exact) mass is 184 g/mol. The molecule has 0 amide bonds. The second-order valence-corrected chi connectivity index (χ2v) is 2.61. The number of carboxylic acids is 1. The van der Waals surface area contributed by atoms with Crippen molar-refractivity contribution in [2.24, 2.45) is 7.05 Å². The zero-order chi connectivity index (χ0) is 9.84. The van der Waals surface area contributed by atoms with Crippen molar-refractivity contribution in [2.45, 2.75) is 13.5 Å². The van der Waals surface area contributed by atoms with E-state index < -0.39 is 5.97 Å². The molecule has 0 saturated carbocycles. The van der Waals surface area contributed by atoms with Crippen LogP contribution in [-0.4, -0.2) is 27.2 Å². The number of aromatic nitrogens is 2. The molecule has 72 valence electrons. The molecule has 0 aromatic carbocycles. The minimum absolute atomic E-state index is 0.0368. The van der Waals surface area contributed by atoms with Gasteiger partial charge in [-0.3, -0.25) is 0 Å². The lowest BCUT2D eigenvalue weighted by molar-refractivity contribution is 0.0679. The van der Waals surface area contributed by atoms with Gasteiger partial charge in [0.25, 0.3) is 0 Å². The van der Waals surface area contributed by atoms with E-state index in [0.29, 0.717) is 18.9 Å². The Bertz CT molecular complexity index is 306. The van der Waals surface area contributed by atoms with E-state index in [4.69, 9.17) is 9.84 Å². The van der Waals surface area contributed by atoms with Crippen LogP contribution < -0.4 is 0 Å². The van der Waals surface area contributed by atoms with Gasteiger partial charge in [0.15, 0.2) is 0 Å². The summed E-state index contributed by atoms with van der Waals surface area (Å²) < 4.78 is 6.57. The largest absolute Gasteiger partial charge is 0.475 e. The summed E-state index contributed by atoms with van der Waals surface area (Å²) in [5, 5.41) is 8.68. The fourth-order valence-electron chi connectivity index (χ4n) is 1.00. The molecule has 0 aliphatic heterocycles. The van der Waals surface area contributed by atoms with Gasteiger partial charge < -0.3 is 14.4 Å². The highest BCUT2D eigenvalue weighted by molar-refractivity contribution is 5.83. The Morgan fingerprint density at radius 1 is 1.77 bits per heavy atom. The van der Waals surface area contributed by atoms with Crippen molar-refractivity contribution in [3.8, 4) is 0 Å². The maximum atomic E-state index is 10.6. The summed E-state index contributed by atoms with van der Waals surface area (Å²) in [6.45, 7) is 2.83. The lowest BCUT2D eigenvalue weighted by Crippen LogP contribution is -2.05. The normalized spacial score (nSPS) is 10.3. The number of carbonyl (C=O) groups is 1. The minimum Gasteiger partial charge on any atom is -0.475 e. The van der Waals surface area contributed by atoms with Crippen LogP contribution in [0.3, 0.4) is 0 Å². The molecular formula is C8H12N2O3. The smallest absolute Gasteiger partial charge is 0.372 e. The van der Waals surface area contributed by atoms with Crippen LogP contribution in [0.4, 0.5) is 0 Å². The van der Waals surface area contributed by atoms with Crippen molar-refractivity contribution in [3.63, 3.8) is 0 Å². The first-order valence-corrected chi connectivity index (χ1v) is 3.98. The number of aryl methyl sites for hydroxylation is 1. The van der Waals surface area contributed by atoms with E-state index in [2.05, 4.69) is 4.98 Å². The number of hydrogen-bond acceptors (Lipinski definition) is 3. The maximum Gasteiger partial charge on any atom is 0.372 e. The average Bonchev–Trinajstić information content (AvgIpc) is 2.43. The predicted molar refractivity (Wildman–Crippen MR) is 45.5 cm³/mol. The Hall–Kier alpha value is -1.36. The van der Waals surface area contributed by atoms with Crippen molar-refractivity contribution in [1.29, 1.82) is 0 Å². The van der Waals surface area contributed by atoms with Crippen LogP contribution in [0.15, 0.2) is 6.20 Å². The molecule has 1 N–H and O–H groups in total. The van der Waals surface area contributed by atoms with Crippen molar-refractivity contribution < 1.29 is 14.6 Å². The first-order valence-electron chi connectivity index (χ1n) is 3.98. The molecule has 5 nitrogen and oxygen atoms in total. The maximum absolute atomic E-state index is 10.6. The van der Waals surface area contributed by atoms with Crippen molar-refractivity contribution in [2.75, 3.05) is 6.61 Å². The molecule has 0 spiro atoms. The minimum atomic E-state index is -1.02. The molecule has 1 aromatic heterocycles. The van der Waals surface area contributed by atoms with Gasteiger partial charge in [0.1, 0.15) is 0 Å². The van der Waals surface area contributed by atoms with E-state index in [0.717, 1.165) is 0 Å². The second-order valence-electron chi connectivity index (χ2n) is 2.61. The molecule has 1 rings (SSSR count). The Kier molecular flexibility index (Phi) is 3.02. The Morgan fingerprint density at radius 3 is 2.92 bits per heavy atom. The summed E-state index contributed by atoms with van der Waals surface area (Å²) in [6, 6.07) is 0. The molecular weight excluding hydrogens is 172 g/mol. The highest BCUT2D eigenvalue weighted by atomic mass is 16.5.